The van der Waals surface area contributed by atoms with Crippen molar-refractivity contribution >= 4 is 6.21 Å². The van der Waals surface area contributed by atoms with E-state index in [1.54, 1.807) is 0 Å². The van der Waals surface area contributed by atoms with Crippen molar-refractivity contribution in [1.82, 2.24) is 0 Å². The molecule has 0 N–H and O–H groups in total. The maximum Gasteiger partial charge on any atom is 0.0639 e. The lowest BCUT2D eigenvalue weighted by Crippen LogP contribution is -1.83. The molecule has 0 bridgehead atoms. The summed E-state index contributed by atoms with van der Waals surface area (Å²) >= 11 is 0. The molecule has 2 aromatic rings. The van der Waals surface area contributed by atoms with Crippen LogP contribution in [0.1, 0.15) is 25.0 Å². The molecular weight excluding hydrogens is 206 g/mol. The summed E-state index contributed by atoms with van der Waals surface area (Å²) < 4.78 is 0. The molecule has 0 atom stereocenters. The largest absolute Gasteiger partial charge is 0.288 e. The molecule has 0 amide bonds. The van der Waals surface area contributed by atoms with E-state index in [0.29, 0.717) is 0 Å². The molecule has 0 aromatic heterocycles. The molecule has 0 aliphatic rings. The molecule has 1 heteroatoms. The van der Waals surface area contributed by atoms with Gasteiger partial charge in [-0.2, -0.15) is 0 Å². The Morgan fingerprint density at radius 2 is 1.35 bits per heavy atom. The third kappa shape index (κ3) is 5.12. The second-order valence-corrected chi connectivity index (χ2v) is 3.37. The van der Waals surface area contributed by atoms with E-state index in [2.05, 4.69) is 29.3 Å². The van der Waals surface area contributed by atoms with E-state index in [0.717, 1.165) is 12.1 Å². The van der Waals surface area contributed by atoms with Gasteiger partial charge in [-0.05, 0) is 11.1 Å². The zero-order valence-corrected chi connectivity index (χ0v) is 10.5. The number of benzene rings is 2. The fourth-order valence-electron chi connectivity index (χ4n) is 1.38. The van der Waals surface area contributed by atoms with Gasteiger partial charge in [-0.1, -0.05) is 74.5 Å². The minimum Gasteiger partial charge on any atom is -0.288 e. The first-order valence-electron chi connectivity index (χ1n) is 6.04. The van der Waals surface area contributed by atoms with Gasteiger partial charge in [0.05, 0.1) is 6.54 Å². The maximum atomic E-state index is 4.39. The van der Waals surface area contributed by atoms with Crippen LogP contribution in [-0.2, 0) is 6.54 Å². The van der Waals surface area contributed by atoms with Crippen LogP contribution in [0.4, 0.5) is 0 Å². The van der Waals surface area contributed by atoms with E-state index < -0.39 is 0 Å². The SMILES string of the molecule is C(=NCc1ccccc1)c1ccccc1.CC. The first-order chi connectivity index (χ1) is 8.45. The van der Waals surface area contributed by atoms with E-state index in [1.807, 2.05) is 56.5 Å². The summed E-state index contributed by atoms with van der Waals surface area (Å²) in [6, 6.07) is 20.4. The van der Waals surface area contributed by atoms with Gasteiger partial charge in [0, 0.05) is 6.21 Å². The summed E-state index contributed by atoms with van der Waals surface area (Å²) in [6.45, 7) is 4.75. The number of hydrogen-bond donors (Lipinski definition) is 0. The zero-order valence-electron chi connectivity index (χ0n) is 10.5. The average Bonchev–Trinajstić information content (AvgIpc) is 2.43. The number of hydrogen-bond acceptors (Lipinski definition) is 1. The Balaban J connectivity index is 0.000000686. The molecule has 0 spiro atoms. The van der Waals surface area contributed by atoms with Gasteiger partial charge in [-0.25, -0.2) is 0 Å². The monoisotopic (exact) mass is 225 g/mol. The van der Waals surface area contributed by atoms with Gasteiger partial charge in [0.15, 0.2) is 0 Å². The van der Waals surface area contributed by atoms with E-state index >= 15 is 0 Å². The summed E-state index contributed by atoms with van der Waals surface area (Å²) in [4.78, 5) is 4.39. The van der Waals surface area contributed by atoms with Crippen LogP contribution >= 0.6 is 0 Å². The first-order valence-corrected chi connectivity index (χ1v) is 6.04. The fourth-order valence-corrected chi connectivity index (χ4v) is 1.38. The average molecular weight is 225 g/mol. The lowest BCUT2D eigenvalue weighted by Gasteiger charge is -1.94. The zero-order chi connectivity index (χ0) is 12.3. The second-order valence-electron chi connectivity index (χ2n) is 3.37. The lowest BCUT2D eigenvalue weighted by atomic mass is 10.2. The standard InChI is InChI=1S/C14H13N.C2H6/c1-3-7-13(8-4-1)11-15-12-14-9-5-2-6-10-14;1-2/h1-11H,12H2;1-2H3. The van der Waals surface area contributed by atoms with Crippen molar-refractivity contribution in [1.29, 1.82) is 0 Å². The summed E-state index contributed by atoms with van der Waals surface area (Å²) in [5, 5.41) is 0. The van der Waals surface area contributed by atoms with Crippen molar-refractivity contribution in [2.24, 2.45) is 4.99 Å². The Labute approximate surface area is 104 Å². The first kappa shape index (κ1) is 13.2. The Hall–Kier alpha value is -1.89. The van der Waals surface area contributed by atoms with Crippen molar-refractivity contribution in [3.05, 3.63) is 71.8 Å². The van der Waals surface area contributed by atoms with Crippen LogP contribution in [0.5, 0.6) is 0 Å². The van der Waals surface area contributed by atoms with Crippen molar-refractivity contribution in [2.45, 2.75) is 20.4 Å². The third-order valence-electron chi connectivity index (χ3n) is 2.16. The molecule has 2 aromatic carbocycles. The van der Waals surface area contributed by atoms with E-state index in [9.17, 15) is 0 Å². The van der Waals surface area contributed by atoms with Crippen LogP contribution in [0.3, 0.4) is 0 Å². The molecule has 1 nitrogen and oxygen atoms in total. The molecule has 17 heavy (non-hydrogen) atoms. The summed E-state index contributed by atoms with van der Waals surface area (Å²) in [5.41, 5.74) is 2.39. The van der Waals surface area contributed by atoms with Crippen LogP contribution in [0.15, 0.2) is 65.7 Å². The van der Waals surface area contributed by atoms with Gasteiger partial charge >= 0.3 is 0 Å². The molecule has 0 heterocycles. The Morgan fingerprint density at radius 1 is 0.824 bits per heavy atom. The highest BCUT2D eigenvalue weighted by Crippen LogP contribution is 2.00. The number of nitrogens with zero attached hydrogens (tertiary/aromatic N) is 1. The third-order valence-corrected chi connectivity index (χ3v) is 2.16. The molecule has 0 saturated carbocycles. The molecule has 0 saturated heterocycles. The predicted octanol–water partition coefficient (Wildman–Crippen LogP) is 4.33. The number of rotatable bonds is 3. The lowest BCUT2D eigenvalue weighted by molar-refractivity contribution is 1.08. The second kappa shape index (κ2) is 8.28. The van der Waals surface area contributed by atoms with Crippen molar-refractivity contribution in [3.63, 3.8) is 0 Å². The van der Waals surface area contributed by atoms with Gasteiger partial charge in [0.2, 0.25) is 0 Å². The highest BCUT2D eigenvalue weighted by atomic mass is 14.7. The van der Waals surface area contributed by atoms with Gasteiger partial charge in [0.25, 0.3) is 0 Å². The Bertz CT molecular complexity index is 418. The Morgan fingerprint density at radius 3 is 1.94 bits per heavy atom. The minimum absolute atomic E-state index is 0.746. The fraction of sp³-hybridized carbons (Fsp3) is 0.188. The van der Waals surface area contributed by atoms with E-state index in [-0.39, 0.29) is 0 Å². The molecular formula is C16H19N. The number of aliphatic imine (C=N–C) groups is 1. The molecule has 0 aliphatic carbocycles. The van der Waals surface area contributed by atoms with Crippen LogP contribution in [0, 0.1) is 0 Å². The molecule has 0 fully saturated rings. The van der Waals surface area contributed by atoms with Crippen molar-refractivity contribution in [3.8, 4) is 0 Å². The van der Waals surface area contributed by atoms with Gasteiger partial charge in [0.1, 0.15) is 0 Å². The molecule has 0 aliphatic heterocycles. The highest BCUT2D eigenvalue weighted by molar-refractivity contribution is 5.79. The normalized spacial score (nSPS) is 9.76. The summed E-state index contributed by atoms with van der Waals surface area (Å²) in [6.07, 6.45) is 1.91. The van der Waals surface area contributed by atoms with Gasteiger partial charge in [-0.3, -0.25) is 4.99 Å². The van der Waals surface area contributed by atoms with Crippen LogP contribution < -0.4 is 0 Å². The van der Waals surface area contributed by atoms with E-state index in [1.165, 1.54) is 5.56 Å². The van der Waals surface area contributed by atoms with Crippen LogP contribution in [0.2, 0.25) is 0 Å². The minimum atomic E-state index is 0.746. The van der Waals surface area contributed by atoms with Crippen LogP contribution in [0.25, 0.3) is 0 Å². The quantitative estimate of drug-likeness (QED) is 0.689. The van der Waals surface area contributed by atoms with Crippen molar-refractivity contribution in [2.75, 3.05) is 0 Å². The highest BCUT2D eigenvalue weighted by Gasteiger charge is 1.87. The Kier molecular flexibility index (Phi) is 6.42. The molecule has 2 rings (SSSR count). The maximum absolute atomic E-state index is 4.39. The summed E-state index contributed by atoms with van der Waals surface area (Å²) in [7, 11) is 0. The van der Waals surface area contributed by atoms with Crippen LogP contribution in [-0.4, -0.2) is 6.21 Å². The van der Waals surface area contributed by atoms with Crippen molar-refractivity contribution < 1.29 is 0 Å². The van der Waals surface area contributed by atoms with E-state index in [4.69, 9.17) is 0 Å². The molecule has 0 unspecified atom stereocenters. The van der Waals surface area contributed by atoms with Gasteiger partial charge in [-0.15, -0.1) is 0 Å². The topological polar surface area (TPSA) is 12.4 Å². The smallest absolute Gasteiger partial charge is 0.0639 e. The molecule has 0 radical (unpaired) electrons. The molecule has 88 valence electrons. The summed E-state index contributed by atoms with van der Waals surface area (Å²) in [5.74, 6) is 0. The van der Waals surface area contributed by atoms with Gasteiger partial charge < -0.3 is 0 Å². The predicted molar refractivity (Wildman–Crippen MR) is 75.5 cm³/mol.